The number of ether oxygens (including phenoxy) is 1. The summed E-state index contributed by atoms with van der Waals surface area (Å²) in [5, 5.41) is 0. The van der Waals surface area contributed by atoms with Crippen LogP contribution in [-0.2, 0) is 12.0 Å². The Morgan fingerprint density at radius 3 is 2.57 bits per heavy atom. The first-order valence-corrected chi connectivity index (χ1v) is 7.17. The number of hydrogen-bond acceptors (Lipinski definition) is 2. The largest absolute Gasteiger partial charge is 0.496 e. The fraction of sp³-hybridized carbons (Fsp3) is 0.333. The number of rotatable bonds is 5. The Kier molecular flexibility index (Phi) is 4.63. The molecular weight excluding hydrogens is 265 g/mol. The quantitative estimate of drug-likeness (QED) is 0.903. The molecule has 0 aliphatic heterocycles. The van der Waals surface area contributed by atoms with Gasteiger partial charge >= 0.3 is 0 Å². The van der Waals surface area contributed by atoms with E-state index in [2.05, 4.69) is 6.07 Å². The molecule has 0 bridgehead atoms. The molecule has 0 aliphatic rings. The van der Waals surface area contributed by atoms with Gasteiger partial charge in [0.1, 0.15) is 11.6 Å². The highest BCUT2D eigenvalue weighted by Crippen LogP contribution is 2.31. The van der Waals surface area contributed by atoms with Crippen LogP contribution in [0.3, 0.4) is 0 Å². The van der Waals surface area contributed by atoms with Gasteiger partial charge in [-0.1, -0.05) is 36.8 Å². The van der Waals surface area contributed by atoms with Crippen molar-refractivity contribution in [2.24, 2.45) is 5.73 Å². The van der Waals surface area contributed by atoms with E-state index in [0.29, 0.717) is 12.8 Å². The molecule has 1 unspecified atom stereocenters. The molecule has 2 nitrogen and oxygen atoms in total. The maximum atomic E-state index is 13.5. The number of methoxy groups -OCH3 is 1. The molecule has 0 spiro atoms. The van der Waals surface area contributed by atoms with Crippen LogP contribution in [0.4, 0.5) is 4.39 Å². The van der Waals surface area contributed by atoms with Gasteiger partial charge in [0, 0.05) is 5.54 Å². The van der Waals surface area contributed by atoms with E-state index in [9.17, 15) is 4.39 Å². The molecular formula is C18H22FNO. The van der Waals surface area contributed by atoms with Gasteiger partial charge in [0.25, 0.3) is 0 Å². The zero-order valence-corrected chi connectivity index (χ0v) is 12.8. The second-order valence-electron chi connectivity index (χ2n) is 5.51. The molecule has 112 valence electrons. The van der Waals surface area contributed by atoms with Crippen molar-refractivity contribution in [1.82, 2.24) is 0 Å². The summed E-state index contributed by atoms with van der Waals surface area (Å²) < 4.78 is 18.9. The van der Waals surface area contributed by atoms with Crippen LogP contribution in [0.25, 0.3) is 0 Å². The van der Waals surface area contributed by atoms with Crippen molar-refractivity contribution in [2.75, 3.05) is 7.11 Å². The fourth-order valence-electron chi connectivity index (χ4n) is 2.61. The number of benzene rings is 2. The van der Waals surface area contributed by atoms with E-state index in [-0.39, 0.29) is 5.82 Å². The predicted octanol–water partition coefficient (Wildman–Crippen LogP) is 3.95. The molecule has 2 aromatic carbocycles. The zero-order valence-electron chi connectivity index (χ0n) is 12.8. The monoisotopic (exact) mass is 287 g/mol. The molecule has 0 aromatic heterocycles. The Morgan fingerprint density at radius 1 is 1.19 bits per heavy atom. The predicted molar refractivity (Wildman–Crippen MR) is 84.0 cm³/mol. The van der Waals surface area contributed by atoms with Crippen molar-refractivity contribution in [3.8, 4) is 5.75 Å². The minimum Gasteiger partial charge on any atom is -0.496 e. The van der Waals surface area contributed by atoms with Crippen molar-refractivity contribution in [2.45, 2.75) is 32.2 Å². The Balaban J connectivity index is 2.40. The number of halogens is 1. The van der Waals surface area contributed by atoms with Gasteiger partial charge in [-0.25, -0.2) is 4.39 Å². The molecule has 0 radical (unpaired) electrons. The molecule has 2 rings (SSSR count). The van der Waals surface area contributed by atoms with Crippen LogP contribution >= 0.6 is 0 Å². The summed E-state index contributed by atoms with van der Waals surface area (Å²) in [6.45, 7) is 4.06. The third kappa shape index (κ3) is 3.42. The molecule has 0 saturated carbocycles. The van der Waals surface area contributed by atoms with E-state index in [1.807, 2.05) is 32.0 Å². The normalized spacial score (nSPS) is 13.8. The summed E-state index contributed by atoms with van der Waals surface area (Å²) in [5.74, 6) is 0.562. The third-order valence-electron chi connectivity index (χ3n) is 3.97. The van der Waals surface area contributed by atoms with Gasteiger partial charge in [0.15, 0.2) is 0 Å². The van der Waals surface area contributed by atoms with Gasteiger partial charge in [0.05, 0.1) is 7.11 Å². The SMILES string of the molecule is CCC(N)(Cc1cc(C)ccc1OC)c1cccc(F)c1. The zero-order chi connectivity index (χ0) is 15.5. The fourth-order valence-corrected chi connectivity index (χ4v) is 2.61. The topological polar surface area (TPSA) is 35.2 Å². The maximum absolute atomic E-state index is 13.5. The molecule has 2 aromatic rings. The summed E-state index contributed by atoms with van der Waals surface area (Å²) in [6.07, 6.45) is 1.32. The van der Waals surface area contributed by atoms with Gasteiger partial charge in [-0.3, -0.25) is 0 Å². The lowest BCUT2D eigenvalue weighted by molar-refractivity contribution is 0.385. The van der Waals surface area contributed by atoms with E-state index >= 15 is 0 Å². The first kappa shape index (κ1) is 15.5. The summed E-state index contributed by atoms with van der Waals surface area (Å²) in [6, 6.07) is 12.6. The van der Waals surface area contributed by atoms with Gasteiger partial charge in [-0.2, -0.15) is 0 Å². The molecule has 3 heteroatoms. The van der Waals surface area contributed by atoms with Crippen molar-refractivity contribution in [3.05, 3.63) is 65.0 Å². The Morgan fingerprint density at radius 2 is 1.95 bits per heavy atom. The van der Waals surface area contributed by atoms with Crippen LogP contribution in [0.1, 0.15) is 30.0 Å². The van der Waals surface area contributed by atoms with E-state index in [4.69, 9.17) is 10.5 Å². The molecule has 2 N–H and O–H groups in total. The van der Waals surface area contributed by atoms with Crippen molar-refractivity contribution >= 4 is 0 Å². The summed E-state index contributed by atoms with van der Waals surface area (Å²) >= 11 is 0. The van der Waals surface area contributed by atoms with Crippen LogP contribution in [0.2, 0.25) is 0 Å². The number of nitrogens with two attached hydrogens (primary N) is 1. The first-order chi connectivity index (χ1) is 9.98. The molecule has 0 amide bonds. The standard InChI is InChI=1S/C18H22FNO/c1-4-18(20,15-6-5-7-16(19)11-15)12-14-10-13(2)8-9-17(14)21-3/h5-11H,4,12,20H2,1-3H3. The molecule has 21 heavy (non-hydrogen) atoms. The second kappa shape index (κ2) is 6.27. The lowest BCUT2D eigenvalue weighted by Gasteiger charge is -2.30. The molecule has 0 aliphatic carbocycles. The lowest BCUT2D eigenvalue weighted by atomic mass is 9.82. The Bertz CT molecular complexity index is 626. The minimum atomic E-state index is -0.608. The summed E-state index contributed by atoms with van der Waals surface area (Å²) in [4.78, 5) is 0. The molecule has 0 heterocycles. The average molecular weight is 287 g/mol. The van der Waals surface area contributed by atoms with E-state index in [1.165, 1.54) is 12.1 Å². The van der Waals surface area contributed by atoms with E-state index in [1.54, 1.807) is 13.2 Å². The Labute approximate surface area is 125 Å². The van der Waals surface area contributed by atoms with Crippen LogP contribution in [0.15, 0.2) is 42.5 Å². The van der Waals surface area contributed by atoms with Gasteiger partial charge in [0.2, 0.25) is 0 Å². The number of aryl methyl sites for hydroxylation is 1. The van der Waals surface area contributed by atoms with Gasteiger partial charge in [-0.15, -0.1) is 0 Å². The van der Waals surface area contributed by atoms with Crippen LogP contribution in [0.5, 0.6) is 5.75 Å². The van der Waals surface area contributed by atoms with E-state index in [0.717, 1.165) is 22.4 Å². The number of hydrogen-bond donors (Lipinski definition) is 1. The second-order valence-corrected chi connectivity index (χ2v) is 5.51. The van der Waals surface area contributed by atoms with Gasteiger partial charge in [-0.05, 0) is 49.1 Å². The molecule has 0 saturated heterocycles. The van der Waals surface area contributed by atoms with Crippen molar-refractivity contribution < 1.29 is 9.13 Å². The molecule has 0 fully saturated rings. The summed E-state index contributed by atoms with van der Waals surface area (Å²) in [7, 11) is 1.65. The minimum absolute atomic E-state index is 0.257. The smallest absolute Gasteiger partial charge is 0.123 e. The third-order valence-corrected chi connectivity index (χ3v) is 3.97. The van der Waals surface area contributed by atoms with Crippen molar-refractivity contribution in [1.29, 1.82) is 0 Å². The lowest BCUT2D eigenvalue weighted by Crippen LogP contribution is -2.38. The van der Waals surface area contributed by atoms with Crippen molar-refractivity contribution in [3.63, 3.8) is 0 Å². The Hall–Kier alpha value is -1.87. The van der Waals surface area contributed by atoms with Crippen LogP contribution < -0.4 is 10.5 Å². The first-order valence-electron chi connectivity index (χ1n) is 7.17. The van der Waals surface area contributed by atoms with Crippen LogP contribution in [0, 0.1) is 12.7 Å². The van der Waals surface area contributed by atoms with E-state index < -0.39 is 5.54 Å². The van der Waals surface area contributed by atoms with Gasteiger partial charge < -0.3 is 10.5 Å². The highest BCUT2D eigenvalue weighted by atomic mass is 19.1. The average Bonchev–Trinajstić information content (AvgIpc) is 2.47. The molecule has 1 atom stereocenters. The highest BCUT2D eigenvalue weighted by Gasteiger charge is 2.27. The maximum Gasteiger partial charge on any atom is 0.123 e. The summed E-state index contributed by atoms with van der Waals surface area (Å²) in [5.41, 5.74) is 8.98. The van der Waals surface area contributed by atoms with Crippen LogP contribution in [-0.4, -0.2) is 7.11 Å². The highest BCUT2D eigenvalue weighted by molar-refractivity contribution is 5.39.